The molecular weight excluding hydrogens is 1120 g/mol. The third-order valence-electron chi connectivity index (χ3n) is 12.1. The standard InChI is InChI=1S/3C18H12F4N3.In/c3*1-2-7-25-18-16(21)14(19)13(15(20)17(18)22)12(10-5-3-8-23-10)11-6-4-9-24-11;/h3*2-6,8-9,25H,1,7H2;/q3*-1;+3. The normalized spacial score (nSPS) is 15.3. The van der Waals surface area contributed by atoms with E-state index in [-0.39, 0.29) is 53.8 Å². The summed E-state index contributed by atoms with van der Waals surface area (Å²) in [4.78, 5) is 12.7. The summed E-state index contributed by atoms with van der Waals surface area (Å²) in [5.41, 5.74) is -10.3. The van der Waals surface area contributed by atoms with Crippen LogP contribution >= 0.6 is 0 Å². The summed E-state index contributed by atoms with van der Waals surface area (Å²) >= 11 is -5.33. The van der Waals surface area contributed by atoms with Gasteiger partial charge in [-0.1, -0.05) is 0 Å². The predicted octanol–water partition coefficient (Wildman–Crippen LogP) is 12.7. The second-order valence-electron chi connectivity index (χ2n) is 16.5. The maximum atomic E-state index is 16.7. The average Bonchev–Trinajstić information content (AvgIpc) is 4.36. The Hall–Kier alpha value is -8.40. The number of aromatic nitrogens is 3. The van der Waals surface area contributed by atoms with Gasteiger partial charge in [0.05, 0.1) is 0 Å². The van der Waals surface area contributed by atoms with E-state index >= 15 is 52.7 Å². The van der Waals surface area contributed by atoms with Crippen LogP contribution in [0.15, 0.2) is 161 Å². The first-order chi connectivity index (χ1) is 36.7. The maximum absolute atomic E-state index is 16.7. The average molecular weight is 1150 g/mol. The summed E-state index contributed by atoms with van der Waals surface area (Å²) in [6, 6.07) is 7.98. The summed E-state index contributed by atoms with van der Waals surface area (Å²) in [6.45, 7) is 9.41. The monoisotopic (exact) mass is 1150 g/mol. The second-order valence-corrected chi connectivity index (χ2v) is 23.2. The van der Waals surface area contributed by atoms with Crippen LogP contribution in [0.3, 0.4) is 0 Å². The number of allylic oxidation sites excluding steroid dienone is 6. The first-order valence-electron chi connectivity index (χ1n) is 22.7. The van der Waals surface area contributed by atoms with Gasteiger partial charge in [-0.05, 0) is 0 Å². The summed E-state index contributed by atoms with van der Waals surface area (Å²) < 4.78 is 201. The molecule has 0 bridgehead atoms. The fraction of sp³-hybridized carbons (Fsp3) is 0.0556. The van der Waals surface area contributed by atoms with Gasteiger partial charge in [0.1, 0.15) is 0 Å². The molecule has 3 aliphatic heterocycles. The molecule has 0 unspecified atom stereocenters. The predicted molar refractivity (Wildman–Crippen MR) is 271 cm³/mol. The molecule has 6 heterocycles. The van der Waals surface area contributed by atoms with E-state index in [1.54, 1.807) is 0 Å². The van der Waals surface area contributed by atoms with Crippen LogP contribution in [0.25, 0.3) is 16.7 Å². The van der Waals surface area contributed by atoms with Crippen molar-refractivity contribution < 1.29 is 52.7 Å². The minimum absolute atomic E-state index is 0.234. The second kappa shape index (κ2) is 21.8. The molecule has 3 N–H and O–H groups in total. The fourth-order valence-electron chi connectivity index (χ4n) is 8.87. The molecule has 0 aliphatic carbocycles. The van der Waals surface area contributed by atoms with Crippen LogP contribution in [0.1, 0.15) is 33.8 Å². The topological polar surface area (TPSA) is 88.0 Å². The summed E-state index contributed by atoms with van der Waals surface area (Å²) in [6.07, 6.45) is 19.2. The van der Waals surface area contributed by atoms with Crippen LogP contribution in [0.5, 0.6) is 0 Å². The molecule has 0 spiro atoms. The number of hydrogen-bond donors (Lipinski definition) is 3. The van der Waals surface area contributed by atoms with E-state index in [2.05, 4.69) is 50.7 Å². The number of hydrogen-bond acceptors (Lipinski definition) is 6. The molecule has 22 heteroatoms. The van der Waals surface area contributed by atoms with Gasteiger partial charge in [0, 0.05) is 0 Å². The van der Waals surface area contributed by atoms with Crippen LogP contribution in [0.2, 0.25) is 0 Å². The molecule has 3 aromatic heterocycles. The van der Waals surface area contributed by atoms with Crippen molar-refractivity contribution in [2.45, 2.75) is 0 Å². The molecule has 3 aliphatic rings. The summed E-state index contributed by atoms with van der Waals surface area (Å²) in [7, 11) is 0. The van der Waals surface area contributed by atoms with Gasteiger partial charge < -0.3 is 0 Å². The first-order valence-corrected chi connectivity index (χ1v) is 27.1. The molecule has 384 valence electrons. The third-order valence-corrected chi connectivity index (χ3v) is 20.2. The van der Waals surface area contributed by atoms with Crippen molar-refractivity contribution in [3.05, 3.63) is 250 Å². The van der Waals surface area contributed by atoms with Gasteiger partial charge in [-0.2, -0.15) is 0 Å². The number of nitrogens with one attached hydrogen (secondary N) is 3. The van der Waals surface area contributed by atoms with Crippen LogP contribution in [-0.4, -0.2) is 68.2 Å². The number of anilines is 3. The molecule has 0 fully saturated rings. The Balaban J connectivity index is 1.39. The van der Waals surface area contributed by atoms with E-state index in [0.717, 1.165) is 0 Å². The van der Waals surface area contributed by atoms with Crippen LogP contribution in [0, 0.1) is 69.8 Å². The Labute approximate surface area is 433 Å². The molecule has 9 nitrogen and oxygen atoms in total. The van der Waals surface area contributed by atoms with Gasteiger partial charge in [-0.25, -0.2) is 0 Å². The van der Waals surface area contributed by atoms with Crippen molar-refractivity contribution in [2.24, 2.45) is 15.0 Å². The van der Waals surface area contributed by atoms with Crippen LogP contribution in [-0.2, 0) is 0 Å². The zero-order valence-corrected chi connectivity index (χ0v) is 42.5. The Morgan fingerprint density at radius 1 is 0.408 bits per heavy atom. The molecule has 6 aromatic rings. The fourth-order valence-corrected chi connectivity index (χ4v) is 17.3. The van der Waals surface area contributed by atoms with Crippen LogP contribution < -0.4 is 16.0 Å². The zero-order chi connectivity index (χ0) is 54.1. The first kappa shape index (κ1) is 52.5. The van der Waals surface area contributed by atoms with Crippen molar-refractivity contribution in [3.8, 4) is 0 Å². The number of rotatable bonds is 18. The van der Waals surface area contributed by atoms with E-state index in [1.807, 2.05) is 0 Å². The van der Waals surface area contributed by atoms with Crippen molar-refractivity contribution in [1.29, 1.82) is 0 Å². The Bertz CT molecular complexity index is 3210. The molecule has 0 radical (unpaired) electrons. The summed E-state index contributed by atoms with van der Waals surface area (Å²) in [5.74, 6) is -22.2. The zero-order valence-electron chi connectivity index (χ0n) is 39.2. The van der Waals surface area contributed by atoms with Crippen molar-refractivity contribution >= 4 is 74.7 Å². The van der Waals surface area contributed by atoms with Crippen molar-refractivity contribution in [2.75, 3.05) is 35.6 Å². The van der Waals surface area contributed by atoms with E-state index in [4.69, 9.17) is 0 Å². The summed E-state index contributed by atoms with van der Waals surface area (Å²) in [5, 5.41) is 6.74. The quantitative estimate of drug-likeness (QED) is 0.0455. The van der Waals surface area contributed by atoms with Gasteiger partial charge in [0.15, 0.2) is 0 Å². The Morgan fingerprint density at radius 2 is 0.658 bits per heavy atom. The van der Waals surface area contributed by atoms with E-state index < -0.39 is 143 Å². The third kappa shape index (κ3) is 8.98. The van der Waals surface area contributed by atoms with Gasteiger partial charge >= 0.3 is 436 Å². The molecule has 76 heavy (non-hydrogen) atoms. The van der Waals surface area contributed by atoms with E-state index in [9.17, 15) is 0 Å². The SMILES string of the molecule is C=CCNc1c(F)c(F)c(C(=C2C=CC=N2)c2ccc[n]2[In]([n]2cccc2C(=C2C=CC=N2)c2c(F)c(F)c(NCC=C)c(F)c2F)[n]2cccc2C(=C2C=CC=N2)c2c(F)c(F)c(NCC=C)c(F)c2F)c(F)c1F. The molecule has 0 amide bonds. The minimum atomic E-state index is -5.33. The Kier molecular flexibility index (Phi) is 15.1. The van der Waals surface area contributed by atoms with E-state index in [0.29, 0.717) is 0 Å². The van der Waals surface area contributed by atoms with Crippen molar-refractivity contribution in [1.82, 2.24) is 7.66 Å². The molecule has 0 atom stereocenters. The number of halogens is 12. The van der Waals surface area contributed by atoms with Gasteiger partial charge in [0.2, 0.25) is 0 Å². The van der Waals surface area contributed by atoms with Gasteiger partial charge in [-0.15, -0.1) is 0 Å². The molecule has 0 saturated carbocycles. The van der Waals surface area contributed by atoms with Crippen molar-refractivity contribution in [3.63, 3.8) is 0 Å². The van der Waals surface area contributed by atoms with Crippen LogP contribution in [0.4, 0.5) is 69.7 Å². The number of aliphatic imine (C=N–C) groups is 3. The van der Waals surface area contributed by atoms with Gasteiger partial charge in [0.25, 0.3) is 0 Å². The molecule has 9 rings (SSSR count). The number of nitrogens with zero attached hydrogens (tertiary/aromatic N) is 6. The molecular formula is C54H36F12InN9. The molecule has 0 saturated heterocycles. The number of benzene rings is 3. The van der Waals surface area contributed by atoms with Gasteiger partial charge in [-0.3, -0.25) is 0 Å². The van der Waals surface area contributed by atoms with E-state index in [1.165, 1.54) is 136 Å². The Morgan fingerprint density at radius 3 is 0.868 bits per heavy atom. The molecule has 3 aromatic carbocycles.